The number of fused-ring (bicyclic) bond motifs is 3. The summed E-state index contributed by atoms with van der Waals surface area (Å²) >= 11 is 6.15. The highest BCUT2D eigenvalue weighted by atomic mass is 35.5. The molecule has 6 heteroatoms. The zero-order chi connectivity index (χ0) is 15.3. The van der Waals surface area contributed by atoms with Gasteiger partial charge in [-0.15, -0.1) is 12.4 Å². The van der Waals surface area contributed by atoms with Crippen LogP contribution in [0.2, 0.25) is 5.02 Å². The first-order valence-corrected chi connectivity index (χ1v) is 8.15. The first-order chi connectivity index (χ1) is 10.7. The number of rotatable bonds is 2. The summed E-state index contributed by atoms with van der Waals surface area (Å²) in [5.41, 5.74) is 3.08. The maximum atomic E-state index is 12.4. The van der Waals surface area contributed by atoms with Gasteiger partial charge >= 0.3 is 5.97 Å². The smallest absolute Gasteiger partial charge is 0.313 e. The van der Waals surface area contributed by atoms with Gasteiger partial charge in [0.2, 0.25) is 0 Å². The molecule has 1 aromatic heterocycles. The molecule has 0 saturated heterocycles. The van der Waals surface area contributed by atoms with Gasteiger partial charge in [-0.25, -0.2) is 0 Å². The van der Waals surface area contributed by atoms with E-state index in [4.69, 9.17) is 16.3 Å². The van der Waals surface area contributed by atoms with Crippen molar-refractivity contribution in [2.75, 3.05) is 13.7 Å². The van der Waals surface area contributed by atoms with Gasteiger partial charge in [0.1, 0.15) is 0 Å². The van der Waals surface area contributed by atoms with Gasteiger partial charge in [-0.1, -0.05) is 18.0 Å². The third-order valence-electron chi connectivity index (χ3n) is 5.30. The van der Waals surface area contributed by atoms with E-state index in [1.807, 2.05) is 18.2 Å². The Morgan fingerprint density at radius 1 is 1.39 bits per heavy atom. The van der Waals surface area contributed by atoms with Gasteiger partial charge in [-0.2, -0.15) is 0 Å². The van der Waals surface area contributed by atoms with Gasteiger partial charge in [-0.05, 0) is 49.6 Å². The summed E-state index contributed by atoms with van der Waals surface area (Å²) in [6.07, 6.45) is 3.79. The molecule has 1 aliphatic heterocycles. The molecule has 124 valence electrons. The fraction of sp³-hybridized carbons (Fsp3) is 0.471. The van der Waals surface area contributed by atoms with Crippen LogP contribution >= 0.6 is 24.0 Å². The highest BCUT2D eigenvalue weighted by Gasteiger charge is 2.53. The summed E-state index contributed by atoms with van der Waals surface area (Å²) in [7, 11) is 1.48. The van der Waals surface area contributed by atoms with Crippen molar-refractivity contribution in [3.05, 3.63) is 34.5 Å². The van der Waals surface area contributed by atoms with Crippen molar-refractivity contribution in [3.63, 3.8) is 0 Å². The van der Waals surface area contributed by atoms with E-state index < -0.39 is 5.41 Å². The number of H-pyrrole nitrogens is 1. The predicted octanol–water partition coefficient (Wildman–Crippen LogP) is 3.77. The van der Waals surface area contributed by atoms with Crippen molar-refractivity contribution in [2.24, 2.45) is 5.41 Å². The highest BCUT2D eigenvalue weighted by Crippen LogP contribution is 2.53. The number of carbonyl (C=O) groups excluding carboxylic acids is 1. The second kappa shape index (κ2) is 6.00. The maximum absolute atomic E-state index is 12.4. The number of carbonyl (C=O) groups is 1. The minimum Gasteiger partial charge on any atom is -0.469 e. The minimum absolute atomic E-state index is 0. The van der Waals surface area contributed by atoms with Gasteiger partial charge in [0, 0.05) is 21.6 Å². The number of benzene rings is 1. The van der Waals surface area contributed by atoms with E-state index in [9.17, 15) is 4.79 Å². The zero-order valence-corrected chi connectivity index (χ0v) is 14.5. The van der Waals surface area contributed by atoms with Gasteiger partial charge in [0.05, 0.1) is 18.6 Å². The summed E-state index contributed by atoms with van der Waals surface area (Å²) in [4.78, 5) is 15.9. The van der Waals surface area contributed by atoms with Gasteiger partial charge in [-0.3, -0.25) is 4.79 Å². The molecule has 4 nitrogen and oxygen atoms in total. The SMILES string of the molecule is COC(=O)C1(C2NCCc3c2[nH]c2ccc(Cl)cc32)CCC1.Cl. The summed E-state index contributed by atoms with van der Waals surface area (Å²) in [6.45, 7) is 0.871. The lowest BCUT2D eigenvalue weighted by molar-refractivity contribution is -0.162. The van der Waals surface area contributed by atoms with Crippen LogP contribution in [0.25, 0.3) is 10.9 Å². The second-order valence-corrected chi connectivity index (χ2v) is 6.78. The van der Waals surface area contributed by atoms with Gasteiger partial charge in [0.15, 0.2) is 0 Å². The molecule has 1 atom stereocenters. The Balaban J connectivity index is 0.00000156. The molecule has 0 radical (unpaired) electrons. The average molecular weight is 355 g/mol. The summed E-state index contributed by atoms with van der Waals surface area (Å²) < 4.78 is 5.11. The standard InChI is InChI=1S/C17H19ClN2O2.ClH/c1-22-16(21)17(6-2-7-17)15-14-11(5-8-19-15)12-9-10(18)3-4-13(12)20-14;/h3-4,9,15,19-20H,2,5-8H2,1H3;1H. The Morgan fingerprint density at radius 2 is 2.17 bits per heavy atom. The molecule has 1 saturated carbocycles. The lowest BCUT2D eigenvalue weighted by Gasteiger charge is -2.46. The van der Waals surface area contributed by atoms with E-state index in [0.717, 1.165) is 48.5 Å². The number of halogens is 2. The molecule has 23 heavy (non-hydrogen) atoms. The molecule has 2 aliphatic rings. The van der Waals surface area contributed by atoms with Crippen LogP contribution in [0.3, 0.4) is 0 Å². The van der Waals surface area contributed by atoms with Crippen LogP contribution in [-0.4, -0.2) is 24.6 Å². The van der Waals surface area contributed by atoms with E-state index in [0.29, 0.717) is 0 Å². The topological polar surface area (TPSA) is 54.1 Å². The molecule has 4 rings (SSSR count). The number of hydrogen-bond acceptors (Lipinski definition) is 3. The van der Waals surface area contributed by atoms with Crippen LogP contribution < -0.4 is 5.32 Å². The predicted molar refractivity (Wildman–Crippen MR) is 93.3 cm³/mol. The molecule has 2 heterocycles. The first-order valence-electron chi connectivity index (χ1n) is 7.77. The molecule has 1 aromatic carbocycles. The zero-order valence-electron chi connectivity index (χ0n) is 12.9. The van der Waals surface area contributed by atoms with Crippen LogP contribution in [0.5, 0.6) is 0 Å². The van der Waals surface area contributed by atoms with Crippen LogP contribution in [0.1, 0.15) is 36.6 Å². The quantitative estimate of drug-likeness (QED) is 0.807. The lowest BCUT2D eigenvalue weighted by atomic mass is 9.62. The number of nitrogens with one attached hydrogen (secondary N) is 2. The molecule has 2 N–H and O–H groups in total. The Labute approximate surface area is 146 Å². The van der Waals surface area contributed by atoms with Gasteiger partial charge in [0.25, 0.3) is 0 Å². The number of methoxy groups -OCH3 is 1. The molecule has 1 unspecified atom stereocenters. The lowest BCUT2D eigenvalue weighted by Crippen LogP contribution is -2.51. The number of hydrogen-bond donors (Lipinski definition) is 2. The van der Waals surface area contributed by atoms with Crippen molar-refractivity contribution in [1.29, 1.82) is 0 Å². The Hall–Kier alpha value is -1.23. The first kappa shape index (κ1) is 16.6. The summed E-state index contributed by atoms with van der Waals surface area (Å²) in [5.74, 6) is -0.0965. The van der Waals surface area contributed by atoms with Crippen molar-refractivity contribution in [2.45, 2.75) is 31.7 Å². The van der Waals surface area contributed by atoms with Crippen LogP contribution in [-0.2, 0) is 16.0 Å². The van der Waals surface area contributed by atoms with E-state index in [-0.39, 0.29) is 24.4 Å². The fourth-order valence-electron chi connectivity index (χ4n) is 4.04. The fourth-order valence-corrected chi connectivity index (χ4v) is 4.22. The largest absolute Gasteiger partial charge is 0.469 e. The molecule has 0 spiro atoms. The van der Waals surface area contributed by atoms with E-state index in [1.54, 1.807) is 0 Å². The van der Waals surface area contributed by atoms with Crippen molar-refractivity contribution in [3.8, 4) is 0 Å². The molecule has 1 aliphatic carbocycles. The summed E-state index contributed by atoms with van der Waals surface area (Å²) in [5, 5.41) is 5.46. The molecule has 0 bridgehead atoms. The van der Waals surface area contributed by atoms with E-state index >= 15 is 0 Å². The Bertz CT molecular complexity index is 752. The van der Waals surface area contributed by atoms with Crippen LogP contribution in [0.4, 0.5) is 0 Å². The van der Waals surface area contributed by atoms with Gasteiger partial charge < -0.3 is 15.0 Å². The second-order valence-electron chi connectivity index (χ2n) is 6.35. The van der Waals surface area contributed by atoms with Crippen molar-refractivity contribution >= 4 is 40.9 Å². The Morgan fingerprint density at radius 3 is 2.83 bits per heavy atom. The van der Waals surface area contributed by atoms with E-state index in [2.05, 4.69) is 10.3 Å². The van der Waals surface area contributed by atoms with Crippen molar-refractivity contribution < 1.29 is 9.53 Å². The highest BCUT2D eigenvalue weighted by molar-refractivity contribution is 6.31. The molecule has 2 aromatic rings. The summed E-state index contributed by atoms with van der Waals surface area (Å²) in [6, 6.07) is 5.93. The van der Waals surface area contributed by atoms with E-state index in [1.165, 1.54) is 18.1 Å². The number of ether oxygens (including phenoxy) is 1. The third kappa shape index (κ3) is 2.35. The number of esters is 1. The maximum Gasteiger partial charge on any atom is 0.313 e. The average Bonchev–Trinajstić information content (AvgIpc) is 2.85. The molecule has 1 fully saturated rings. The third-order valence-corrected chi connectivity index (χ3v) is 5.54. The molecular weight excluding hydrogens is 335 g/mol. The monoisotopic (exact) mass is 354 g/mol. The molecular formula is C17H20Cl2N2O2. The minimum atomic E-state index is -0.422. The van der Waals surface area contributed by atoms with Crippen LogP contribution in [0, 0.1) is 5.41 Å². The number of aromatic nitrogens is 1. The Kier molecular flexibility index (Phi) is 4.34. The molecule has 0 amide bonds. The number of aromatic amines is 1. The van der Waals surface area contributed by atoms with Crippen molar-refractivity contribution in [1.82, 2.24) is 10.3 Å². The van der Waals surface area contributed by atoms with Crippen LogP contribution in [0.15, 0.2) is 18.2 Å². The normalized spacial score (nSPS) is 21.9.